The van der Waals surface area contributed by atoms with Crippen molar-refractivity contribution in [2.75, 3.05) is 58.8 Å². The van der Waals surface area contributed by atoms with Gasteiger partial charge in [0.05, 0.1) is 0 Å². The summed E-state index contributed by atoms with van der Waals surface area (Å²) >= 11 is 0. The lowest BCUT2D eigenvalue weighted by atomic mass is 10.1. The number of guanidine groups is 1. The lowest BCUT2D eigenvalue weighted by Gasteiger charge is -2.33. The van der Waals surface area contributed by atoms with Crippen molar-refractivity contribution in [3.05, 3.63) is 18.0 Å². The third kappa shape index (κ3) is 9.60. The van der Waals surface area contributed by atoms with Crippen LogP contribution < -0.4 is 16.0 Å². The van der Waals surface area contributed by atoms with E-state index in [4.69, 9.17) is 4.74 Å². The average Bonchev–Trinajstić information content (AvgIpc) is 2.71. The predicted octanol–water partition coefficient (Wildman–Crippen LogP) is 2.19. The molecule has 0 aromatic carbocycles. The summed E-state index contributed by atoms with van der Waals surface area (Å²) in [6.07, 6.45) is -0.287. The van der Waals surface area contributed by atoms with Crippen LogP contribution in [-0.2, 0) is 10.9 Å². The van der Waals surface area contributed by atoms with E-state index in [0.717, 1.165) is 57.8 Å². The zero-order valence-corrected chi connectivity index (χ0v) is 19.7. The van der Waals surface area contributed by atoms with Crippen LogP contribution in [0.25, 0.3) is 0 Å². The third-order valence-electron chi connectivity index (χ3n) is 4.62. The van der Waals surface area contributed by atoms with Gasteiger partial charge in [-0.05, 0) is 25.3 Å². The van der Waals surface area contributed by atoms with Crippen LogP contribution in [0, 0.1) is 0 Å². The summed E-state index contributed by atoms with van der Waals surface area (Å²) in [5.74, 6) is 0.625. The Morgan fingerprint density at radius 2 is 2.03 bits per heavy atom. The molecule has 30 heavy (non-hydrogen) atoms. The molecule has 1 aliphatic rings. The number of piperidine rings is 1. The number of methoxy groups -OCH3 is 1. The molecule has 172 valence electrons. The van der Waals surface area contributed by atoms with Gasteiger partial charge in [-0.25, -0.2) is 9.97 Å². The summed E-state index contributed by atoms with van der Waals surface area (Å²) < 4.78 is 43.1. The number of ether oxygens (including phenoxy) is 1. The van der Waals surface area contributed by atoms with E-state index in [1.807, 2.05) is 0 Å². The van der Waals surface area contributed by atoms with E-state index in [2.05, 4.69) is 35.8 Å². The fourth-order valence-corrected chi connectivity index (χ4v) is 3.08. The molecule has 8 nitrogen and oxygen atoms in total. The van der Waals surface area contributed by atoms with Crippen LogP contribution in [0.15, 0.2) is 17.3 Å². The molecule has 1 aromatic heterocycles. The monoisotopic (exact) mass is 545 g/mol. The molecule has 0 saturated carbocycles. The Labute approximate surface area is 192 Å². The molecule has 0 spiro atoms. The largest absolute Gasteiger partial charge is 0.433 e. The first-order valence-corrected chi connectivity index (χ1v) is 9.75. The molecular formula is C18H31F3IN7O. The normalized spacial score (nSPS) is 16.1. The predicted molar refractivity (Wildman–Crippen MR) is 121 cm³/mol. The Morgan fingerprint density at radius 3 is 2.67 bits per heavy atom. The Hall–Kier alpha value is -1.41. The van der Waals surface area contributed by atoms with Crippen molar-refractivity contribution < 1.29 is 17.9 Å². The molecule has 2 heterocycles. The zero-order valence-electron chi connectivity index (χ0n) is 17.3. The number of halogens is 4. The molecule has 0 atom stereocenters. The average molecular weight is 545 g/mol. The van der Waals surface area contributed by atoms with Gasteiger partial charge in [-0.1, -0.05) is 0 Å². The van der Waals surface area contributed by atoms with Crippen LogP contribution >= 0.6 is 24.0 Å². The Bertz CT molecular complexity index is 640. The molecular weight excluding hydrogens is 514 g/mol. The van der Waals surface area contributed by atoms with Gasteiger partial charge in [0.15, 0.2) is 5.96 Å². The molecule has 1 fully saturated rings. The zero-order chi connectivity index (χ0) is 21.1. The van der Waals surface area contributed by atoms with Gasteiger partial charge < -0.3 is 25.6 Å². The van der Waals surface area contributed by atoms with Crippen LogP contribution in [0.5, 0.6) is 0 Å². The summed E-state index contributed by atoms with van der Waals surface area (Å²) in [5.41, 5.74) is -0.964. The maximum Gasteiger partial charge on any atom is 0.433 e. The van der Waals surface area contributed by atoms with Crippen LogP contribution in [0.2, 0.25) is 0 Å². The first-order valence-electron chi connectivity index (χ1n) is 9.75. The smallest absolute Gasteiger partial charge is 0.385 e. The highest BCUT2D eigenvalue weighted by atomic mass is 127. The molecule has 0 aliphatic carbocycles. The number of anilines is 1. The highest BCUT2D eigenvalue weighted by Crippen LogP contribution is 2.27. The fraction of sp³-hybridized carbons (Fsp3) is 0.722. The minimum Gasteiger partial charge on any atom is -0.385 e. The molecule has 3 N–H and O–H groups in total. The fourth-order valence-electron chi connectivity index (χ4n) is 3.08. The number of hydrogen-bond acceptors (Lipinski definition) is 6. The van der Waals surface area contributed by atoms with Gasteiger partial charge >= 0.3 is 6.18 Å². The highest BCUT2D eigenvalue weighted by molar-refractivity contribution is 14.0. The maximum absolute atomic E-state index is 12.7. The van der Waals surface area contributed by atoms with Crippen molar-refractivity contribution in [1.29, 1.82) is 0 Å². The number of nitrogens with zero attached hydrogens (tertiary/aromatic N) is 4. The molecule has 12 heteroatoms. The van der Waals surface area contributed by atoms with Gasteiger partial charge in [0.2, 0.25) is 5.95 Å². The molecule has 0 radical (unpaired) electrons. The van der Waals surface area contributed by atoms with Crippen LogP contribution in [0.3, 0.4) is 0 Å². The molecule has 0 unspecified atom stereocenters. The number of alkyl halides is 3. The Kier molecular flexibility index (Phi) is 12.3. The maximum atomic E-state index is 12.7. The summed E-state index contributed by atoms with van der Waals surface area (Å²) in [6, 6.07) is 1.19. The van der Waals surface area contributed by atoms with Crippen molar-refractivity contribution >= 4 is 35.9 Å². The van der Waals surface area contributed by atoms with Gasteiger partial charge in [-0.2, -0.15) is 13.2 Å². The molecule has 1 aromatic rings. The van der Waals surface area contributed by atoms with Gasteiger partial charge in [0.25, 0.3) is 0 Å². The second-order valence-corrected chi connectivity index (χ2v) is 6.80. The van der Waals surface area contributed by atoms with Crippen LogP contribution in [-0.4, -0.2) is 80.4 Å². The summed E-state index contributed by atoms with van der Waals surface area (Å²) in [7, 11) is 3.41. The minimum atomic E-state index is -4.48. The van der Waals surface area contributed by atoms with E-state index in [1.165, 1.54) is 0 Å². The Morgan fingerprint density at radius 1 is 1.30 bits per heavy atom. The molecule has 1 saturated heterocycles. The second-order valence-electron chi connectivity index (χ2n) is 6.80. The summed E-state index contributed by atoms with van der Waals surface area (Å²) in [5, 5.41) is 9.34. The molecule has 2 rings (SSSR count). The summed E-state index contributed by atoms with van der Waals surface area (Å²) in [4.78, 5) is 13.9. The number of hydrogen-bond donors (Lipinski definition) is 3. The van der Waals surface area contributed by atoms with E-state index >= 15 is 0 Å². The number of nitrogens with one attached hydrogen (secondary N) is 3. The lowest BCUT2D eigenvalue weighted by molar-refractivity contribution is -0.141. The minimum absolute atomic E-state index is 0. The van der Waals surface area contributed by atoms with E-state index < -0.39 is 11.9 Å². The van der Waals surface area contributed by atoms with Crippen molar-refractivity contribution in [2.45, 2.75) is 31.5 Å². The first kappa shape index (κ1) is 26.6. The van der Waals surface area contributed by atoms with Crippen molar-refractivity contribution in [1.82, 2.24) is 25.5 Å². The van der Waals surface area contributed by atoms with Gasteiger partial charge in [0.1, 0.15) is 5.69 Å². The number of aromatic nitrogens is 2. The van der Waals surface area contributed by atoms with Crippen molar-refractivity contribution in [3.8, 4) is 0 Å². The lowest BCUT2D eigenvalue weighted by Crippen LogP contribution is -2.49. The highest BCUT2D eigenvalue weighted by Gasteiger charge is 2.32. The van der Waals surface area contributed by atoms with E-state index in [1.54, 1.807) is 14.2 Å². The number of aliphatic imine (C=N–C) groups is 1. The van der Waals surface area contributed by atoms with Crippen LogP contribution in [0.4, 0.5) is 19.1 Å². The quantitative estimate of drug-likeness (QED) is 0.190. The van der Waals surface area contributed by atoms with E-state index in [0.29, 0.717) is 25.1 Å². The van der Waals surface area contributed by atoms with Crippen molar-refractivity contribution in [3.63, 3.8) is 0 Å². The second kappa shape index (κ2) is 13.8. The van der Waals surface area contributed by atoms with Gasteiger partial charge in [-0.3, -0.25) is 4.99 Å². The van der Waals surface area contributed by atoms with Gasteiger partial charge in [0, 0.05) is 65.7 Å². The first-order chi connectivity index (χ1) is 13.9. The SMILES string of the molecule is CN=C(NCCNc1nccc(C(F)(F)F)n1)NC1CCN(CCCOC)CC1.I. The molecule has 0 bridgehead atoms. The van der Waals surface area contributed by atoms with Gasteiger partial charge in [-0.15, -0.1) is 24.0 Å². The van der Waals surface area contributed by atoms with E-state index in [-0.39, 0.29) is 29.9 Å². The van der Waals surface area contributed by atoms with Crippen molar-refractivity contribution in [2.24, 2.45) is 4.99 Å². The van der Waals surface area contributed by atoms with Crippen LogP contribution in [0.1, 0.15) is 25.0 Å². The topological polar surface area (TPSA) is 86.7 Å². The number of rotatable bonds is 9. The number of likely N-dealkylation sites (tertiary alicyclic amines) is 1. The molecule has 0 amide bonds. The summed E-state index contributed by atoms with van der Waals surface area (Å²) in [6.45, 7) is 4.74. The van der Waals surface area contributed by atoms with E-state index in [9.17, 15) is 13.2 Å². The standard InChI is InChI=1S/C18H30F3N7O.HI/c1-22-16(26-14-5-11-28(12-6-14)10-3-13-29-2)24-8-9-25-17-23-7-4-15(27-17)18(19,20)21;/h4,7,14H,3,5-6,8-13H2,1-2H3,(H2,22,24,26)(H,23,25,27);1H. The molecule has 1 aliphatic heterocycles. The third-order valence-corrected chi connectivity index (χ3v) is 4.62. The Balaban J connectivity index is 0.00000450.